The first kappa shape index (κ1) is 13.1. The zero-order valence-electron chi connectivity index (χ0n) is 11.5. The van der Waals surface area contributed by atoms with E-state index in [2.05, 4.69) is 11.0 Å². The van der Waals surface area contributed by atoms with Gasteiger partial charge in [-0.3, -0.25) is 0 Å². The van der Waals surface area contributed by atoms with Crippen LogP contribution in [0.25, 0.3) is 0 Å². The first-order chi connectivity index (χ1) is 8.68. The van der Waals surface area contributed by atoms with Gasteiger partial charge in [0.15, 0.2) is 0 Å². The van der Waals surface area contributed by atoms with Crippen LogP contribution in [0.5, 0.6) is 5.75 Å². The number of anilines is 2. The van der Waals surface area contributed by atoms with E-state index >= 15 is 0 Å². The van der Waals surface area contributed by atoms with Crippen molar-refractivity contribution in [2.24, 2.45) is 0 Å². The average Bonchev–Trinajstić information content (AvgIpc) is 2.60. The summed E-state index contributed by atoms with van der Waals surface area (Å²) in [5, 5.41) is 0. The van der Waals surface area contributed by atoms with Crippen LogP contribution in [-0.4, -0.2) is 19.2 Å². The molecule has 100 valence electrons. The molecule has 1 aromatic carbocycles. The molecule has 1 fully saturated rings. The summed E-state index contributed by atoms with van der Waals surface area (Å²) >= 11 is 0. The molecule has 0 amide bonds. The molecule has 0 spiro atoms. The van der Waals surface area contributed by atoms with E-state index in [1.54, 1.807) is 0 Å². The molecule has 3 nitrogen and oxygen atoms in total. The third-order valence-corrected chi connectivity index (χ3v) is 3.35. The fourth-order valence-corrected chi connectivity index (χ4v) is 2.48. The van der Waals surface area contributed by atoms with E-state index in [0.717, 1.165) is 30.2 Å². The van der Waals surface area contributed by atoms with Crippen LogP contribution in [-0.2, 0) is 0 Å². The van der Waals surface area contributed by atoms with Crippen molar-refractivity contribution in [3.8, 4) is 5.75 Å². The monoisotopic (exact) mass is 248 g/mol. The number of nitrogen functional groups attached to an aromatic ring is 1. The Kier molecular flexibility index (Phi) is 4.34. The number of nitrogens with two attached hydrogens (primary N) is 1. The molecule has 0 saturated carbocycles. The number of ether oxygens (including phenoxy) is 1. The molecule has 1 heterocycles. The number of nitrogens with zero attached hydrogens (tertiary/aromatic N) is 1. The van der Waals surface area contributed by atoms with Gasteiger partial charge in [-0.15, -0.1) is 0 Å². The van der Waals surface area contributed by atoms with Crippen molar-refractivity contribution in [3.05, 3.63) is 18.2 Å². The minimum absolute atomic E-state index is 0.159. The maximum atomic E-state index is 6.25. The van der Waals surface area contributed by atoms with Crippen molar-refractivity contribution in [1.29, 1.82) is 0 Å². The third kappa shape index (κ3) is 3.09. The molecule has 0 bridgehead atoms. The second-order valence-electron chi connectivity index (χ2n) is 5.26. The second-order valence-corrected chi connectivity index (χ2v) is 5.26. The summed E-state index contributed by atoms with van der Waals surface area (Å²) in [6, 6.07) is 6.10. The molecule has 1 aliphatic heterocycles. The molecular weight excluding hydrogens is 224 g/mol. The Bertz CT molecular complexity index is 382. The minimum atomic E-state index is 0.159. The molecule has 1 aromatic rings. The fourth-order valence-electron chi connectivity index (χ4n) is 2.48. The summed E-state index contributed by atoms with van der Waals surface area (Å²) in [4.78, 5) is 2.40. The Hall–Kier alpha value is -1.38. The molecular formula is C15H24N2O. The summed E-state index contributed by atoms with van der Waals surface area (Å²) in [7, 11) is 0. The van der Waals surface area contributed by atoms with E-state index in [1.807, 2.05) is 26.0 Å². The van der Waals surface area contributed by atoms with Crippen LogP contribution in [0, 0.1) is 0 Å². The number of benzene rings is 1. The maximum Gasteiger partial charge on any atom is 0.144 e. The van der Waals surface area contributed by atoms with Gasteiger partial charge in [-0.1, -0.05) is 18.9 Å². The van der Waals surface area contributed by atoms with E-state index < -0.39 is 0 Å². The van der Waals surface area contributed by atoms with Crippen LogP contribution in [0.1, 0.15) is 39.5 Å². The van der Waals surface area contributed by atoms with Gasteiger partial charge >= 0.3 is 0 Å². The first-order valence-corrected chi connectivity index (χ1v) is 6.98. The SMILES string of the molecule is CC(C)Oc1cccc(N2CCCCCC2)c1N. The van der Waals surface area contributed by atoms with Crippen molar-refractivity contribution >= 4 is 11.4 Å². The van der Waals surface area contributed by atoms with Crippen LogP contribution >= 0.6 is 0 Å². The highest BCUT2D eigenvalue weighted by molar-refractivity contribution is 5.74. The summed E-state index contributed by atoms with van der Waals surface area (Å²) < 4.78 is 5.76. The molecule has 0 aliphatic carbocycles. The van der Waals surface area contributed by atoms with Gasteiger partial charge in [0.25, 0.3) is 0 Å². The molecule has 0 radical (unpaired) electrons. The normalized spacial score (nSPS) is 16.7. The molecule has 1 aliphatic rings. The molecule has 18 heavy (non-hydrogen) atoms. The molecule has 1 saturated heterocycles. The molecule has 2 N–H and O–H groups in total. The van der Waals surface area contributed by atoms with Crippen LogP contribution in [0.3, 0.4) is 0 Å². The van der Waals surface area contributed by atoms with Crippen molar-refractivity contribution in [1.82, 2.24) is 0 Å². The van der Waals surface area contributed by atoms with E-state index in [9.17, 15) is 0 Å². The summed E-state index contributed by atoms with van der Waals surface area (Å²) in [6.45, 7) is 6.26. The highest BCUT2D eigenvalue weighted by Crippen LogP contribution is 2.33. The summed E-state index contributed by atoms with van der Waals surface area (Å²) in [5.74, 6) is 0.812. The molecule has 0 unspecified atom stereocenters. The van der Waals surface area contributed by atoms with Crippen LogP contribution < -0.4 is 15.4 Å². The van der Waals surface area contributed by atoms with Crippen molar-refractivity contribution in [3.63, 3.8) is 0 Å². The predicted octanol–water partition coefficient (Wildman–Crippen LogP) is 3.44. The third-order valence-electron chi connectivity index (χ3n) is 3.35. The number of para-hydroxylation sites is 1. The first-order valence-electron chi connectivity index (χ1n) is 6.98. The predicted molar refractivity (Wildman–Crippen MR) is 77.3 cm³/mol. The Labute approximate surface area is 110 Å². The summed E-state index contributed by atoms with van der Waals surface area (Å²) in [6.07, 6.45) is 5.34. The molecule has 2 rings (SSSR count). The van der Waals surface area contributed by atoms with Crippen molar-refractivity contribution in [2.45, 2.75) is 45.6 Å². The topological polar surface area (TPSA) is 38.5 Å². The van der Waals surface area contributed by atoms with Crippen LogP contribution in [0.15, 0.2) is 18.2 Å². The van der Waals surface area contributed by atoms with E-state index in [4.69, 9.17) is 10.5 Å². The fraction of sp³-hybridized carbons (Fsp3) is 0.600. The van der Waals surface area contributed by atoms with Gasteiger partial charge in [-0.2, -0.15) is 0 Å². The lowest BCUT2D eigenvalue weighted by Gasteiger charge is -2.25. The molecule has 3 heteroatoms. The van der Waals surface area contributed by atoms with Gasteiger partial charge in [0.1, 0.15) is 5.75 Å². The van der Waals surface area contributed by atoms with Crippen molar-refractivity contribution < 1.29 is 4.74 Å². The number of hydrogen-bond donors (Lipinski definition) is 1. The zero-order valence-corrected chi connectivity index (χ0v) is 11.5. The zero-order chi connectivity index (χ0) is 13.0. The number of rotatable bonds is 3. The van der Waals surface area contributed by atoms with E-state index in [0.29, 0.717) is 0 Å². The highest BCUT2D eigenvalue weighted by Gasteiger charge is 2.15. The lowest BCUT2D eigenvalue weighted by Crippen LogP contribution is -2.25. The van der Waals surface area contributed by atoms with Crippen molar-refractivity contribution in [2.75, 3.05) is 23.7 Å². The standard InChI is InChI=1S/C15H24N2O/c1-12(2)18-14-9-7-8-13(15(14)16)17-10-5-3-4-6-11-17/h7-9,12H,3-6,10-11,16H2,1-2H3. The minimum Gasteiger partial charge on any atom is -0.489 e. The Balaban J connectivity index is 2.21. The Morgan fingerprint density at radius 2 is 1.78 bits per heavy atom. The van der Waals surface area contributed by atoms with Crippen LogP contribution in [0.2, 0.25) is 0 Å². The second kappa shape index (κ2) is 5.98. The molecule has 0 aromatic heterocycles. The smallest absolute Gasteiger partial charge is 0.144 e. The van der Waals surface area contributed by atoms with Gasteiger partial charge in [-0.25, -0.2) is 0 Å². The van der Waals surface area contributed by atoms with Gasteiger partial charge in [0, 0.05) is 13.1 Å². The van der Waals surface area contributed by atoms with Gasteiger partial charge in [-0.05, 0) is 38.8 Å². The van der Waals surface area contributed by atoms with Gasteiger partial charge in [0.05, 0.1) is 17.5 Å². The molecule has 0 atom stereocenters. The van der Waals surface area contributed by atoms with E-state index in [1.165, 1.54) is 25.7 Å². The Morgan fingerprint density at radius 1 is 1.11 bits per heavy atom. The largest absolute Gasteiger partial charge is 0.489 e. The Morgan fingerprint density at radius 3 is 2.39 bits per heavy atom. The lowest BCUT2D eigenvalue weighted by molar-refractivity contribution is 0.244. The van der Waals surface area contributed by atoms with Crippen LogP contribution in [0.4, 0.5) is 11.4 Å². The van der Waals surface area contributed by atoms with E-state index in [-0.39, 0.29) is 6.10 Å². The van der Waals surface area contributed by atoms with Gasteiger partial charge < -0.3 is 15.4 Å². The maximum absolute atomic E-state index is 6.25. The highest BCUT2D eigenvalue weighted by atomic mass is 16.5. The quantitative estimate of drug-likeness (QED) is 0.833. The summed E-state index contributed by atoms with van der Waals surface area (Å²) in [5.41, 5.74) is 8.17. The van der Waals surface area contributed by atoms with Gasteiger partial charge in [0.2, 0.25) is 0 Å². The average molecular weight is 248 g/mol. The number of hydrogen-bond acceptors (Lipinski definition) is 3. The lowest BCUT2D eigenvalue weighted by atomic mass is 10.2.